The molecule has 1 aromatic heterocycles. The smallest absolute Gasteiger partial charge is 0.332 e. The fourth-order valence-corrected chi connectivity index (χ4v) is 4.98. The molecule has 22 heavy (non-hydrogen) atoms. The molecule has 0 bridgehead atoms. The second-order valence-electron chi connectivity index (χ2n) is 6.31. The van der Waals surface area contributed by atoms with Gasteiger partial charge in [-0.3, -0.25) is 4.90 Å². The highest BCUT2D eigenvalue weighted by atomic mass is 32.1. The molecule has 3 nitrogen and oxygen atoms in total. The van der Waals surface area contributed by atoms with Gasteiger partial charge < -0.3 is 4.74 Å². The van der Waals surface area contributed by atoms with Gasteiger partial charge in [-0.25, -0.2) is 4.79 Å². The van der Waals surface area contributed by atoms with Crippen LogP contribution in [0, 0.1) is 11.8 Å². The summed E-state index contributed by atoms with van der Waals surface area (Å²) in [4.78, 5) is 14.4. The highest BCUT2D eigenvalue weighted by Gasteiger charge is 2.69. The zero-order chi connectivity index (χ0) is 14.7. The van der Waals surface area contributed by atoms with Crippen LogP contribution in [0.1, 0.15) is 24.8 Å². The molecular weight excluding hydrogens is 294 g/mol. The van der Waals surface area contributed by atoms with E-state index in [9.17, 15) is 4.79 Å². The third-order valence-electron chi connectivity index (χ3n) is 5.27. The second-order valence-corrected chi connectivity index (χ2v) is 7.09. The quantitative estimate of drug-likeness (QED) is 0.545. The number of fused-ring (bicyclic) bond motifs is 2. The molecule has 1 unspecified atom stereocenters. The van der Waals surface area contributed by atoms with E-state index in [1.54, 1.807) is 17.4 Å². The maximum Gasteiger partial charge on any atom is 0.332 e. The van der Waals surface area contributed by atoms with Crippen LogP contribution in [0.5, 0.6) is 0 Å². The van der Waals surface area contributed by atoms with Crippen LogP contribution in [0.25, 0.3) is 0 Å². The summed E-state index contributed by atoms with van der Waals surface area (Å²) in [6, 6.07) is 2.56. The Kier molecular flexibility index (Phi) is 2.51. The number of thiophene rings is 1. The van der Waals surface area contributed by atoms with Gasteiger partial charge in [0.05, 0.1) is 12.1 Å². The third kappa shape index (κ3) is 1.48. The molecule has 0 N–H and O–H groups in total. The maximum absolute atomic E-state index is 11.9. The summed E-state index contributed by atoms with van der Waals surface area (Å²) >= 11 is 1.65. The molecule has 0 saturated carbocycles. The number of hydrogen-bond donors (Lipinski definition) is 0. The molecule has 5 rings (SSSR count). The van der Waals surface area contributed by atoms with E-state index in [-0.39, 0.29) is 12.0 Å². The third-order valence-corrected chi connectivity index (χ3v) is 5.95. The summed E-state index contributed by atoms with van der Waals surface area (Å²) in [6.45, 7) is 1.10. The van der Waals surface area contributed by atoms with Crippen molar-refractivity contribution >= 4 is 17.3 Å². The first-order valence-electron chi connectivity index (χ1n) is 7.76. The van der Waals surface area contributed by atoms with Crippen LogP contribution >= 0.6 is 11.3 Å². The molecule has 1 aromatic rings. The van der Waals surface area contributed by atoms with Crippen LogP contribution in [0.15, 0.2) is 40.1 Å². The molecule has 0 aromatic carbocycles. The molecule has 4 heterocycles. The van der Waals surface area contributed by atoms with Crippen LogP contribution < -0.4 is 0 Å². The molecular formula is C18H15NO2S. The van der Waals surface area contributed by atoms with E-state index >= 15 is 0 Å². The Labute approximate surface area is 133 Å². The number of rotatable bonds is 0. The van der Waals surface area contributed by atoms with Gasteiger partial charge >= 0.3 is 5.97 Å². The van der Waals surface area contributed by atoms with Crippen LogP contribution in [-0.2, 0) is 9.53 Å². The van der Waals surface area contributed by atoms with Gasteiger partial charge in [0.2, 0.25) is 0 Å². The Morgan fingerprint density at radius 3 is 3.18 bits per heavy atom. The second kappa shape index (κ2) is 4.34. The molecule has 3 aliphatic heterocycles. The number of esters is 1. The Balaban J connectivity index is 1.56. The monoisotopic (exact) mass is 309 g/mol. The van der Waals surface area contributed by atoms with E-state index in [1.807, 2.05) is 16.8 Å². The number of hydrogen-bond acceptors (Lipinski definition) is 4. The SMILES string of the molecule is O=C1C=C2C(C#Cc3ccsc3)=C[C@H]3N4CCCC[C@@H]4C23O1. The number of ether oxygens (including phenoxy) is 1. The standard InChI is InChI=1S/C18H15NO2S/c20-17-10-14-13(5-4-12-6-8-22-11-12)9-16-18(14,21-17)15-3-1-2-7-19(15)16/h6,8-11,15-16H,1-3,7H2/t15-,16-,18?/m1/s1. The molecule has 2 saturated heterocycles. The average molecular weight is 309 g/mol. The van der Waals surface area contributed by atoms with Gasteiger partial charge in [-0.05, 0) is 36.9 Å². The summed E-state index contributed by atoms with van der Waals surface area (Å²) in [7, 11) is 0. The summed E-state index contributed by atoms with van der Waals surface area (Å²) in [5.74, 6) is 6.28. The molecule has 1 spiro atoms. The maximum atomic E-state index is 11.9. The summed E-state index contributed by atoms with van der Waals surface area (Å²) in [5.41, 5.74) is 2.61. The lowest BCUT2D eigenvalue weighted by molar-refractivity contribution is -0.194. The van der Waals surface area contributed by atoms with Crippen molar-refractivity contribution in [2.24, 2.45) is 0 Å². The normalized spacial score (nSPS) is 35.2. The van der Waals surface area contributed by atoms with E-state index in [4.69, 9.17) is 4.74 Å². The summed E-state index contributed by atoms with van der Waals surface area (Å²) in [5, 5.41) is 4.07. The molecule has 4 heteroatoms. The predicted octanol–water partition coefficient (Wildman–Crippen LogP) is 2.50. The van der Waals surface area contributed by atoms with Gasteiger partial charge in [0, 0.05) is 28.2 Å². The van der Waals surface area contributed by atoms with Crippen LogP contribution in [0.4, 0.5) is 0 Å². The van der Waals surface area contributed by atoms with Gasteiger partial charge in [0.25, 0.3) is 0 Å². The van der Waals surface area contributed by atoms with Crippen LogP contribution in [0.3, 0.4) is 0 Å². The van der Waals surface area contributed by atoms with Gasteiger partial charge in [0.1, 0.15) is 0 Å². The molecule has 4 aliphatic rings. The van der Waals surface area contributed by atoms with Gasteiger partial charge in [-0.1, -0.05) is 18.3 Å². The van der Waals surface area contributed by atoms with Gasteiger partial charge in [-0.15, -0.1) is 0 Å². The predicted molar refractivity (Wildman–Crippen MR) is 84.3 cm³/mol. The molecule has 0 amide bonds. The number of carbonyl (C=O) groups excluding carboxylic acids is 1. The first-order valence-corrected chi connectivity index (χ1v) is 8.70. The minimum Gasteiger partial charge on any atom is -0.447 e. The van der Waals surface area contributed by atoms with Gasteiger partial charge in [-0.2, -0.15) is 11.3 Å². The molecule has 110 valence electrons. The Hall–Kier alpha value is -1.83. The average Bonchev–Trinajstić information content (AvgIpc) is 3.20. The fourth-order valence-electron chi connectivity index (χ4n) is 4.40. The van der Waals surface area contributed by atoms with Gasteiger partial charge in [0.15, 0.2) is 5.60 Å². The highest BCUT2D eigenvalue weighted by molar-refractivity contribution is 7.08. The van der Waals surface area contributed by atoms with Crippen LogP contribution in [-0.4, -0.2) is 35.1 Å². The minimum absolute atomic E-state index is 0.197. The largest absolute Gasteiger partial charge is 0.447 e. The Morgan fingerprint density at radius 1 is 1.36 bits per heavy atom. The van der Waals surface area contributed by atoms with E-state index in [2.05, 4.69) is 22.8 Å². The fraction of sp³-hybridized carbons (Fsp3) is 0.389. The van der Waals surface area contributed by atoms with E-state index < -0.39 is 5.60 Å². The molecule has 2 fully saturated rings. The van der Waals surface area contributed by atoms with Crippen molar-refractivity contribution in [1.82, 2.24) is 4.90 Å². The zero-order valence-electron chi connectivity index (χ0n) is 12.0. The van der Waals surface area contributed by atoms with Crippen molar-refractivity contribution in [2.75, 3.05) is 6.54 Å². The van der Waals surface area contributed by atoms with Crippen molar-refractivity contribution in [3.05, 3.63) is 45.7 Å². The minimum atomic E-state index is -0.420. The molecule has 1 aliphatic carbocycles. The zero-order valence-corrected chi connectivity index (χ0v) is 12.9. The lowest BCUT2D eigenvalue weighted by Crippen LogP contribution is -2.76. The molecule has 0 radical (unpaired) electrons. The summed E-state index contributed by atoms with van der Waals surface area (Å²) < 4.78 is 5.82. The van der Waals surface area contributed by atoms with Crippen molar-refractivity contribution in [1.29, 1.82) is 0 Å². The Morgan fingerprint density at radius 2 is 2.32 bits per heavy atom. The van der Waals surface area contributed by atoms with E-state index in [0.29, 0.717) is 6.04 Å². The lowest BCUT2D eigenvalue weighted by atomic mass is 9.70. The highest BCUT2D eigenvalue weighted by Crippen LogP contribution is 2.57. The Bertz CT molecular complexity index is 780. The number of piperidine rings is 1. The number of carbonyl (C=O) groups is 1. The number of nitrogens with zero attached hydrogens (tertiary/aromatic N) is 1. The van der Waals surface area contributed by atoms with Crippen molar-refractivity contribution < 1.29 is 9.53 Å². The van der Waals surface area contributed by atoms with Crippen molar-refractivity contribution in [3.8, 4) is 11.8 Å². The van der Waals surface area contributed by atoms with Crippen molar-refractivity contribution in [2.45, 2.75) is 36.9 Å². The van der Waals surface area contributed by atoms with Crippen LogP contribution in [0.2, 0.25) is 0 Å². The first-order chi connectivity index (χ1) is 10.8. The van der Waals surface area contributed by atoms with E-state index in [0.717, 1.165) is 29.7 Å². The lowest BCUT2D eigenvalue weighted by Gasteiger charge is -2.60. The summed E-state index contributed by atoms with van der Waals surface area (Å²) in [6.07, 6.45) is 7.44. The van der Waals surface area contributed by atoms with Crippen molar-refractivity contribution in [3.63, 3.8) is 0 Å². The van der Waals surface area contributed by atoms with E-state index in [1.165, 1.54) is 12.8 Å². The molecule has 3 atom stereocenters. The first kappa shape index (κ1) is 12.7. The topological polar surface area (TPSA) is 29.5 Å².